The van der Waals surface area contributed by atoms with Crippen LogP contribution < -0.4 is 5.69 Å². The van der Waals surface area contributed by atoms with Gasteiger partial charge in [-0.05, 0) is 18.8 Å². The van der Waals surface area contributed by atoms with Gasteiger partial charge in [0.1, 0.15) is 5.82 Å². The van der Waals surface area contributed by atoms with Gasteiger partial charge in [0.2, 0.25) is 11.8 Å². The van der Waals surface area contributed by atoms with Crippen molar-refractivity contribution in [2.45, 2.75) is 39.2 Å². The molecule has 0 aliphatic carbocycles. The second-order valence-electron chi connectivity index (χ2n) is 6.76. The summed E-state index contributed by atoms with van der Waals surface area (Å²) in [5.41, 5.74) is -0.115. The van der Waals surface area contributed by atoms with Crippen molar-refractivity contribution in [3.05, 3.63) is 16.3 Å². The van der Waals surface area contributed by atoms with E-state index in [4.69, 9.17) is 0 Å². The molecule has 0 unspecified atom stereocenters. The van der Waals surface area contributed by atoms with Crippen LogP contribution in [0.2, 0.25) is 0 Å². The minimum absolute atomic E-state index is 0.114. The fraction of sp³-hybridized carbons (Fsp3) is 0.750. The summed E-state index contributed by atoms with van der Waals surface area (Å²) in [6, 6.07) is 0. The second-order valence-corrected chi connectivity index (χ2v) is 6.76. The number of nitrogens with zero attached hydrogens (tertiary/aromatic N) is 5. The number of carbonyl (C=O) groups excluding carboxylic acids is 2. The highest BCUT2D eigenvalue weighted by Crippen LogP contribution is 2.22. The van der Waals surface area contributed by atoms with E-state index in [1.54, 1.807) is 18.5 Å². The van der Waals surface area contributed by atoms with Gasteiger partial charge in [0.05, 0.1) is 0 Å². The normalized spacial score (nSPS) is 19.1. The quantitative estimate of drug-likeness (QED) is 0.738. The number of aryl methyl sites for hydroxylation is 1. The first-order chi connectivity index (χ1) is 11.5. The van der Waals surface area contributed by atoms with Crippen LogP contribution in [-0.4, -0.2) is 62.1 Å². The first kappa shape index (κ1) is 16.7. The molecule has 24 heavy (non-hydrogen) atoms. The second kappa shape index (κ2) is 6.78. The molecule has 2 aliphatic heterocycles. The third-order valence-corrected chi connectivity index (χ3v) is 5.16. The van der Waals surface area contributed by atoms with Crippen molar-refractivity contribution >= 4 is 11.8 Å². The third kappa shape index (κ3) is 3.37. The first-order valence-electron chi connectivity index (χ1n) is 8.61. The van der Waals surface area contributed by atoms with E-state index >= 15 is 0 Å². The average molecular weight is 335 g/mol. The van der Waals surface area contributed by atoms with Gasteiger partial charge in [-0.25, -0.2) is 9.48 Å². The SMILES string of the molecule is CC(=O)N1CCC(CC(=O)N2CCc3nn(C)c(=O)n3CC2)CC1. The number of hydrogen-bond acceptors (Lipinski definition) is 4. The fourth-order valence-electron chi connectivity index (χ4n) is 3.61. The Balaban J connectivity index is 1.54. The standard InChI is InChI=1S/C16H25N5O3/c1-12(22)19-6-3-13(4-7-19)11-15(23)20-8-5-14-17-18(2)16(24)21(14)10-9-20/h13H,3-11H2,1-2H3. The molecule has 132 valence electrons. The number of aromatic nitrogens is 3. The number of amides is 2. The van der Waals surface area contributed by atoms with Crippen molar-refractivity contribution in [1.29, 1.82) is 0 Å². The van der Waals surface area contributed by atoms with Gasteiger partial charge in [-0.2, -0.15) is 5.10 Å². The van der Waals surface area contributed by atoms with Crippen LogP contribution >= 0.6 is 0 Å². The Morgan fingerprint density at radius 2 is 1.79 bits per heavy atom. The molecule has 3 heterocycles. The lowest BCUT2D eigenvalue weighted by molar-refractivity contribution is -0.133. The minimum atomic E-state index is -0.115. The van der Waals surface area contributed by atoms with E-state index in [1.165, 1.54) is 4.68 Å². The Bertz CT molecular complexity index is 684. The fourth-order valence-corrected chi connectivity index (χ4v) is 3.61. The summed E-state index contributed by atoms with van der Waals surface area (Å²) >= 11 is 0. The molecule has 8 nitrogen and oxygen atoms in total. The van der Waals surface area contributed by atoms with Gasteiger partial charge >= 0.3 is 5.69 Å². The number of carbonyl (C=O) groups is 2. The Hall–Kier alpha value is -2.12. The van der Waals surface area contributed by atoms with E-state index in [-0.39, 0.29) is 17.5 Å². The predicted molar refractivity (Wildman–Crippen MR) is 87.3 cm³/mol. The Morgan fingerprint density at radius 3 is 2.46 bits per heavy atom. The zero-order valence-electron chi connectivity index (χ0n) is 14.4. The summed E-state index contributed by atoms with van der Waals surface area (Å²) in [5, 5.41) is 4.24. The van der Waals surface area contributed by atoms with E-state index in [1.807, 2.05) is 9.80 Å². The molecule has 1 fully saturated rings. The topological polar surface area (TPSA) is 80.4 Å². The maximum Gasteiger partial charge on any atom is 0.345 e. The molecule has 8 heteroatoms. The van der Waals surface area contributed by atoms with Crippen LogP contribution in [0.15, 0.2) is 4.79 Å². The van der Waals surface area contributed by atoms with Crippen molar-refractivity contribution in [1.82, 2.24) is 24.1 Å². The minimum Gasteiger partial charge on any atom is -0.343 e. The highest BCUT2D eigenvalue weighted by atomic mass is 16.2. The van der Waals surface area contributed by atoms with Crippen LogP contribution in [0.4, 0.5) is 0 Å². The smallest absolute Gasteiger partial charge is 0.343 e. The molecular formula is C16H25N5O3. The van der Waals surface area contributed by atoms with E-state index in [0.717, 1.165) is 31.8 Å². The third-order valence-electron chi connectivity index (χ3n) is 5.16. The highest BCUT2D eigenvalue weighted by Gasteiger charge is 2.26. The molecule has 3 rings (SSSR count). The molecule has 0 spiro atoms. The summed E-state index contributed by atoms with van der Waals surface area (Å²) in [7, 11) is 1.65. The summed E-state index contributed by atoms with van der Waals surface area (Å²) in [4.78, 5) is 39.6. The summed E-state index contributed by atoms with van der Waals surface area (Å²) in [5.74, 6) is 1.37. The molecule has 0 atom stereocenters. The molecule has 0 bridgehead atoms. The van der Waals surface area contributed by atoms with Crippen LogP contribution in [0.5, 0.6) is 0 Å². The zero-order chi connectivity index (χ0) is 17.3. The monoisotopic (exact) mass is 335 g/mol. The number of piperidine rings is 1. The number of fused-ring (bicyclic) bond motifs is 1. The van der Waals surface area contributed by atoms with Crippen LogP contribution in [0.25, 0.3) is 0 Å². The van der Waals surface area contributed by atoms with Gasteiger partial charge in [0.25, 0.3) is 0 Å². The van der Waals surface area contributed by atoms with Crippen LogP contribution in [0.1, 0.15) is 32.0 Å². The largest absolute Gasteiger partial charge is 0.345 e. The zero-order valence-corrected chi connectivity index (χ0v) is 14.4. The van der Waals surface area contributed by atoms with E-state index in [2.05, 4.69) is 5.10 Å². The first-order valence-corrected chi connectivity index (χ1v) is 8.61. The lowest BCUT2D eigenvalue weighted by Crippen LogP contribution is -2.40. The van der Waals surface area contributed by atoms with Crippen LogP contribution in [0.3, 0.4) is 0 Å². The molecule has 1 saturated heterocycles. The molecule has 0 N–H and O–H groups in total. The summed E-state index contributed by atoms with van der Waals surface area (Å²) in [6.45, 7) is 4.77. The van der Waals surface area contributed by atoms with Crippen molar-refractivity contribution in [2.75, 3.05) is 26.2 Å². The van der Waals surface area contributed by atoms with Gasteiger partial charge in [0, 0.05) is 59.5 Å². The van der Waals surface area contributed by atoms with Crippen LogP contribution in [0, 0.1) is 5.92 Å². The molecule has 0 aromatic carbocycles. The Kier molecular flexibility index (Phi) is 4.73. The lowest BCUT2D eigenvalue weighted by Gasteiger charge is -2.32. The molecule has 2 amide bonds. The molecule has 2 aliphatic rings. The van der Waals surface area contributed by atoms with Crippen LogP contribution in [-0.2, 0) is 29.6 Å². The molecule has 1 aromatic rings. The predicted octanol–water partition coefficient (Wildman–Crippen LogP) is -0.385. The van der Waals surface area contributed by atoms with Gasteiger partial charge in [0.15, 0.2) is 0 Å². The van der Waals surface area contributed by atoms with Gasteiger partial charge in [-0.1, -0.05) is 0 Å². The summed E-state index contributed by atoms with van der Waals surface area (Å²) < 4.78 is 3.02. The number of hydrogen-bond donors (Lipinski definition) is 0. The van der Waals surface area contributed by atoms with Crippen molar-refractivity contribution in [3.8, 4) is 0 Å². The number of rotatable bonds is 2. The molecule has 0 saturated carbocycles. The van der Waals surface area contributed by atoms with E-state index in [0.29, 0.717) is 38.4 Å². The maximum absolute atomic E-state index is 12.6. The lowest BCUT2D eigenvalue weighted by atomic mass is 9.93. The van der Waals surface area contributed by atoms with Crippen molar-refractivity contribution < 1.29 is 9.59 Å². The van der Waals surface area contributed by atoms with Gasteiger partial charge in [-0.3, -0.25) is 14.2 Å². The molecule has 1 aromatic heterocycles. The summed E-state index contributed by atoms with van der Waals surface area (Å²) in [6.07, 6.45) is 2.93. The van der Waals surface area contributed by atoms with E-state index < -0.39 is 0 Å². The maximum atomic E-state index is 12.6. The average Bonchev–Trinajstić information content (AvgIpc) is 2.73. The van der Waals surface area contributed by atoms with Gasteiger partial charge in [-0.15, -0.1) is 0 Å². The molecule has 0 radical (unpaired) electrons. The Labute approximate surface area is 141 Å². The van der Waals surface area contributed by atoms with Crippen molar-refractivity contribution in [3.63, 3.8) is 0 Å². The number of likely N-dealkylation sites (tertiary alicyclic amines) is 1. The van der Waals surface area contributed by atoms with Gasteiger partial charge < -0.3 is 9.80 Å². The van der Waals surface area contributed by atoms with E-state index in [9.17, 15) is 14.4 Å². The molecular weight excluding hydrogens is 310 g/mol. The van der Waals surface area contributed by atoms with Crippen molar-refractivity contribution in [2.24, 2.45) is 13.0 Å². The Morgan fingerprint density at radius 1 is 1.08 bits per heavy atom. The highest BCUT2D eigenvalue weighted by molar-refractivity contribution is 5.76.